The fourth-order valence-corrected chi connectivity index (χ4v) is 4.24. The summed E-state index contributed by atoms with van der Waals surface area (Å²) in [6.07, 6.45) is 5.75. The standard InChI is InChI=1S/C20H20N2O3S/c1-2-24-17-7-5-16(6-8-17)21-10-9-15(12-21)20-22(19(23)14-26-20)13-18-4-3-11-25-18/h3-12,20H,2,13-14H2,1H3/t20-/m1/s1. The molecule has 6 heteroatoms. The van der Waals surface area contributed by atoms with Gasteiger partial charge in [0.15, 0.2) is 0 Å². The average Bonchev–Trinajstić information content (AvgIpc) is 3.39. The smallest absolute Gasteiger partial charge is 0.234 e. The molecule has 1 fully saturated rings. The average molecular weight is 368 g/mol. The van der Waals surface area contributed by atoms with Crippen LogP contribution in [0.2, 0.25) is 0 Å². The summed E-state index contributed by atoms with van der Waals surface area (Å²) in [5.41, 5.74) is 2.17. The van der Waals surface area contributed by atoms with Crippen molar-refractivity contribution in [1.82, 2.24) is 9.47 Å². The zero-order valence-corrected chi connectivity index (χ0v) is 15.3. The van der Waals surface area contributed by atoms with E-state index in [2.05, 4.69) is 16.8 Å². The van der Waals surface area contributed by atoms with E-state index in [0.717, 1.165) is 22.8 Å². The second kappa shape index (κ2) is 7.33. The first-order valence-electron chi connectivity index (χ1n) is 8.59. The van der Waals surface area contributed by atoms with Crippen LogP contribution in [0.25, 0.3) is 5.69 Å². The zero-order valence-electron chi connectivity index (χ0n) is 14.5. The van der Waals surface area contributed by atoms with Crippen LogP contribution in [0.3, 0.4) is 0 Å². The lowest BCUT2D eigenvalue weighted by Gasteiger charge is -2.22. The molecular formula is C20H20N2O3S. The van der Waals surface area contributed by atoms with E-state index in [0.29, 0.717) is 18.9 Å². The summed E-state index contributed by atoms with van der Waals surface area (Å²) < 4.78 is 13.0. The fourth-order valence-electron chi connectivity index (χ4n) is 3.07. The van der Waals surface area contributed by atoms with Gasteiger partial charge in [0.25, 0.3) is 0 Å². The topological polar surface area (TPSA) is 47.6 Å². The van der Waals surface area contributed by atoms with Crippen LogP contribution in [-0.4, -0.2) is 27.7 Å². The summed E-state index contributed by atoms with van der Waals surface area (Å²) in [7, 11) is 0. The maximum atomic E-state index is 12.3. The number of hydrogen-bond acceptors (Lipinski definition) is 4. The van der Waals surface area contributed by atoms with Crippen LogP contribution >= 0.6 is 11.8 Å². The minimum atomic E-state index is 0.0107. The van der Waals surface area contributed by atoms with Crippen molar-refractivity contribution in [2.75, 3.05) is 12.4 Å². The van der Waals surface area contributed by atoms with Crippen molar-refractivity contribution in [3.63, 3.8) is 0 Å². The summed E-state index contributed by atoms with van der Waals surface area (Å²) >= 11 is 1.65. The second-order valence-corrected chi connectivity index (χ2v) is 7.11. The molecule has 1 aromatic carbocycles. The number of benzene rings is 1. The number of thioether (sulfide) groups is 1. The quantitative estimate of drug-likeness (QED) is 0.653. The monoisotopic (exact) mass is 368 g/mol. The Hall–Kier alpha value is -2.60. The van der Waals surface area contributed by atoms with E-state index in [-0.39, 0.29) is 11.3 Å². The van der Waals surface area contributed by atoms with Gasteiger partial charge in [0.2, 0.25) is 5.91 Å². The molecule has 1 saturated heterocycles. The molecule has 0 saturated carbocycles. The number of rotatable bonds is 6. The maximum absolute atomic E-state index is 12.3. The van der Waals surface area contributed by atoms with Gasteiger partial charge >= 0.3 is 0 Å². The van der Waals surface area contributed by atoms with Crippen molar-refractivity contribution in [3.05, 3.63) is 72.4 Å². The molecule has 0 N–H and O–H groups in total. The van der Waals surface area contributed by atoms with Crippen molar-refractivity contribution in [2.45, 2.75) is 18.8 Å². The van der Waals surface area contributed by atoms with Crippen LogP contribution in [0, 0.1) is 0 Å². The molecule has 1 amide bonds. The minimum absolute atomic E-state index is 0.0107. The normalized spacial score (nSPS) is 17.0. The molecule has 0 unspecified atom stereocenters. The molecule has 0 radical (unpaired) electrons. The lowest BCUT2D eigenvalue weighted by molar-refractivity contribution is -0.128. The van der Waals surface area contributed by atoms with E-state index < -0.39 is 0 Å². The largest absolute Gasteiger partial charge is 0.494 e. The first-order chi connectivity index (χ1) is 12.7. The molecule has 2 aromatic heterocycles. The maximum Gasteiger partial charge on any atom is 0.234 e. The first kappa shape index (κ1) is 16.8. The van der Waals surface area contributed by atoms with E-state index in [1.54, 1.807) is 18.0 Å². The van der Waals surface area contributed by atoms with E-state index in [1.165, 1.54) is 0 Å². The number of carbonyl (C=O) groups is 1. The second-order valence-electron chi connectivity index (χ2n) is 6.04. The number of ether oxygens (including phenoxy) is 1. The Morgan fingerprint density at radius 1 is 1.23 bits per heavy atom. The van der Waals surface area contributed by atoms with E-state index in [9.17, 15) is 4.79 Å². The predicted molar refractivity (Wildman–Crippen MR) is 101 cm³/mol. The number of furan rings is 1. The number of carbonyl (C=O) groups excluding carboxylic acids is 1. The van der Waals surface area contributed by atoms with E-state index >= 15 is 0 Å². The highest BCUT2D eigenvalue weighted by molar-refractivity contribution is 8.00. The first-order valence-corrected chi connectivity index (χ1v) is 9.64. The van der Waals surface area contributed by atoms with Gasteiger partial charge in [-0.3, -0.25) is 4.79 Å². The van der Waals surface area contributed by atoms with E-state index in [1.807, 2.05) is 54.4 Å². The van der Waals surface area contributed by atoms with Gasteiger partial charge in [0, 0.05) is 23.6 Å². The molecule has 1 aliphatic rings. The molecule has 1 aliphatic heterocycles. The third-order valence-electron chi connectivity index (χ3n) is 4.32. The Balaban J connectivity index is 1.53. The Morgan fingerprint density at radius 3 is 2.81 bits per heavy atom. The molecule has 134 valence electrons. The van der Waals surface area contributed by atoms with Crippen molar-refractivity contribution < 1.29 is 13.9 Å². The lowest BCUT2D eigenvalue weighted by Crippen LogP contribution is -2.27. The molecule has 1 atom stereocenters. The van der Waals surface area contributed by atoms with Gasteiger partial charge < -0.3 is 18.6 Å². The van der Waals surface area contributed by atoms with Crippen molar-refractivity contribution in [3.8, 4) is 11.4 Å². The Bertz CT molecular complexity index is 871. The third-order valence-corrected chi connectivity index (χ3v) is 5.58. The molecular weight excluding hydrogens is 348 g/mol. The van der Waals surface area contributed by atoms with Crippen LogP contribution in [0.1, 0.15) is 23.6 Å². The Labute approximate surface area is 156 Å². The van der Waals surface area contributed by atoms with E-state index in [4.69, 9.17) is 9.15 Å². The van der Waals surface area contributed by atoms with Gasteiger partial charge in [-0.1, -0.05) is 0 Å². The summed E-state index contributed by atoms with van der Waals surface area (Å²) in [5.74, 6) is 2.31. The summed E-state index contributed by atoms with van der Waals surface area (Å²) in [4.78, 5) is 14.2. The molecule has 0 aliphatic carbocycles. The summed E-state index contributed by atoms with van der Waals surface area (Å²) in [5, 5.41) is 0.0107. The zero-order chi connectivity index (χ0) is 17.9. The van der Waals surface area contributed by atoms with Crippen LogP contribution in [0.5, 0.6) is 5.75 Å². The van der Waals surface area contributed by atoms with Gasteiger partial charge in [0.05, 0.1) is 25.2 Å². The number of hydrogen-bond donors (Lipinski definition) is 0. The highest BCUT2D eigenvalue weighted by Crippen LogP contribution is 2.40. The predicted octanol–water partition coefficient (Wildman–Crippen LogP) is 4.24. The lowest BCUT2D eigenvalue weighted by atomic mass is 10.3. The Morgan fingerprint density at radius 2 is 2.08 bits per heavy atom. The van der Waals surface area contributed by atoms with Crippen molar-refractivity contribution in [2.24, 2.45) is 0 Å². The van der Waals surface area contributed by atoms with Gasteiger partial charge in [0.1, 0.15) is 16.9 Å². The highest BCUT2D eigenvalue weighted by atomic mass is 32.2. The van der Waals surface area contributed by atoms with Crippen LogP contribution < -0.4 is 4.74 Å². The van der Waals surface area contributed by atoms with Gasteiger partial charge in [-0.05, 0) is 49.4 Å². The van der Waals surface area contributed by atoms with Crippen molar-refractivity contribution in [1.29, 1.82) is 0 Å². The third kappa shape index (κ3) is 3.37. The molecule has 0 spiro atoms. The molecule has 3 heterocycles. The molecule has 26 heavy (non-hydrogen) atoms. The summed E-state index contributed by atoms with van der Waals surface area (Å²) in [6, 6.07) is 13.8. The van der Waals surface area contributed by atoms with Gasteiger partial charge in [-0.15, -0.1) is 11.8 Å². The van der Waals surface area contributed by atoms with Gasteiger partial charge in [-0.25, -0.2) is 0 Å². The number of amides is 1. The van der Waals surface area contributed by atoms with Crippen LogP contribution in [0.4, 0.5) is 0 Å². The fraction of sp³-hybridized carbons (Fsp3) is 0.250. The number of nitrogens with zero attached hydrogens (tertiary/aromatic N) is 2. The SMILES string of the molecule is CCOc1ccc(-n2ccc([C@H]3SCC(=O)N3Cc3ccco3)c2)cc1. The minimum Gasteiger partial charge on any atom is -0.494 e. The molecule has 0 bridgehead atoms. The molecule has 3 aromatic rings. The molecule has 5 nitrogen and oxygen atoms in total. The highest BCUT2D eigenvalue weighted by Gasteiger charge is 2.33. The van der Waals surface area contributed by atoms with Crippen LogP contribution in [0.15, 0.2) is 65.5 Å². The summed E-state index contributed by atoms with van der Waals surface area (Å²) in [6.45, 7) is 3.13. The number of aromatic nitrogens is 1. The Kier molecular flexibility index (Phi) is 4.75. The van der Waals surface area contributed by atoms with Gasteiger partial charge in [-0.2, -0.15) is 0 Å². The van der Waals surface area contributed by atoms with Crippen LogP contribution in [-0.2, 0) is 11.3 Å². The molecule has 4 rings (SSSR count). The van der Waals surface area contributed by atoms with Crippen molar-refractivity contribution >= 4 is 17.7 Å².